The molecule has 2 saturated heterocycles. The van der Waals surface area contributed by atoms with Crippen molar-refractivity contribution in [2.24, 2.45) is 7.05 Å². The normalized spacial score (nSPS) is 20.5. The fourth-order valence-corrected chi connectivity index (χ4v) is 10.4. The first-order valence-corrected chi connectivity index (χ1v) is 22.9. The van der Waals surface area contributed by atoms with Crippen molar-refractivity contribution in [3.05, 3.63) is 144 Å². The van der Waals surface area contributed by atoms with E-state index < -0.39 is 19.7 Å². The number of aromatic nitrogens is 4. The number of imidazole rings is 1. The van der Waals surface area contributed by atoms with Crippen LogP contribution in [0.3, 0.4) is 0 Å². The number of piperazine rings is 2. The molecule has 0 bridgehead atoms. The third-order valence-corrected chi connectivity index (χ3v) is 14.0. The second-order valence-electron chi connectivity index (χ2n) is 16.4. The average molecular weight is 979 g/mol. The Bertz CT molecular complexity index is 2530. The summed E-state index contributed by atoms with van der Waals surface area (Å²) in [5.74, 6) is 0. The molecule has 2 aliphatic heterocycles. The lowest BCUT2D eigenvalue weighted by atomic mass is 9.84. The van der Waals surface area contributed by atoms with Crippen LogP contribution in [0.2, 0.25) is 33.7 Å². The van der Waals surface area contributed by atoms with E-state index in [1.54, 1.807) is 38.7 Å². The molecule has 3 aromatic heterocycles. The standard InChI is InChI=1S/C25H28BCl2N5O2.C19H19BBrCl2N3O/c1-25(34,22-14-29-15-31(22)3)21-11-16-10-17(27)4-5-19(16)24(23-20(21)12-18(28)13-30-23)32-6-8-33(9-7-32)26(2)35;1-20(27)26-6-4-25(5-7-26)19-15-3-2-13(22)8-12(15)9-17(21)16-10-14(23)11-24-18(16)19/h4-5,10-15,24,34-35H,6-9H2,1-3H3;2-3,8-11,19,27H,4-7H2,1H3/t24-,25?;19-/m00/s1. The molecule has 18 heteroatoms. The minimum Gasteiger partial charge on any atom is -0.437 e. The topological polar surface area (TPSA) is 117 Å². The third kappa shape index (κ3) is 9.22. The Hall–Kier alpha value is -3.08. The monoisotopic (exact) mass is 976 g/mol. The second-order valence-corrected chi connectivity index (χ2v) is 19.0. The molecule has 0 radical (unpaired) electrons. The first kappa shape index (κ1) is 45.5. The number of hydrogen-bond donors (Lipinski definition) is 3. The summed E-state index contributed by atoms with van der Waals surface area (Å²) in [5.41, 5.74) is 7.80. The van der Waals surface area contributed by atoms with Crippen molar-refractivity contribution in [1.29, 1.82) is 0 Å². The largest absolute Gasteiger partial charge is 0.437 e. The molecule has 5 heterocycles. The van der Waals surface area contributed by atoms with Crippen LogP contribution in [-0.4, -0.2) is 121 Å². The van der Waals surface area contributed by atoms with Crippen molar-refractivity contribution in [2.45, 2.75) is 38.3 Å². The molecule has 0 spiro atoms. The molecule has 2 aromatic carbocycles. The maximum absolute atomic E-state index is 11.9. The summed E-state index contributed by atoms with van der Waals surface area (Å²) in [6.45, 7) is 11.7. The van der Waals surface area contributed by atoms with Crippen molar-refractivity contribution < 1.29 is 15.2 Å². The van der Waals surface area contributed by atoms with Gasteiger partial charge in [0, 0.05) is 97.5 Å². The summed E-state index contributed by atoms with van der Waals surface area (Å²) in [6.07, 6.45) is 10.8. The predicted molar refractivity (Wildman–Crippen MR) is 256 cm³/mol. The van der Waals surface area contributed by atoms with Gasteiger partial charge in [0.1, 0.15) is 5.60 Å². The van der Waals surface area contributed by atoms with Gasteiger partial charge in [0.25, 0.3) is 0 Å². The molecule has 62 heavy (non-hydrogen) atoms. The highest BCUT2D eigenvalue weighted by molar-refractivity contribution is 9.15. The van der Waals surface area contributed by atoms with Crippen LogP contribution in [0.1, 0.15) is 69.5 Å². The molecule has 5 aromatic rings. The Kier molecular flexibility index (Phi) is 13.8. The van der Waals surface area contributed by atoms with Gasteiger partial charge < -0.3 is 29.3 Å². The van der Waals surface area contributed by atoms with Crippen LogP contribution in [0.25, 0.3) is 22.2 Å². The molecular weight excluding hydrogens is 932 g/mol. The van der Waals surface area contributed by atoms with Crippen LogP contribution in [0.15, 0.2) is 73.4 Å². The Morgan fingerprint density at radius 1 is 0.661 bits per heavy atom. The third-order valence-electron chi connectivity index (χ3n) is 12.4. The van der Waals surface area contributed by atoms with E-state index in [4.69, 9.17) is 56.4 Å². The summed E-state index contributed by atoms with van der Waals surface area (Å²) in [4.78, 5) is 22.7. The average Bonchev–Trinajstić information content (AvgIpc) is 3.58. The van der Waals surface area contributed by atoms with Crippen molar-refractivity contribution in [3.63, 3.8) is 0 Å². The molecule has 2 aliphatic carbocycles. The van der Waals surface area contributed by atoms with Crippen molar-refractivity contribution in [2.75, 3.05) is 52.4 Å². The van der Waals surface area contributed by atoms with E-state index >= 15 is 0 Å². The fourth-order valence-electron chi connectivity index (χ4n) is 9.17. The first-order valence-electron chi connectivity index (χ1n) is 20.6. The van der Waals surface area contributed by atoms with Gasteiger partial charge in [-0.15, -0.1) is 0 Å². The molecule has 11 nitrogen and oxygen atoms in total. The Morgan fingerprint density at radius 3 is 1.60 bits per heavy atom. The summed E-state index contributed by atoms with van der Waals surface area (Å²) in [5, 5.41) is 34.3. The first-order chi connectivity index (χ1) is 29.6. The number of hydrogen-bond acceptors (Lipinski definition) is 10. The summed E-state index contributed by atoms with van der Waals surface area (Å²) in [6, 6.07) is 15.6. The molecule has 322 valence electrons. The lowest BCUT2D eigenvalue weighted by Gasteiger charge is -2.40. The van der Waals surface area contributed by atoms with Gasteiger partial charge in [-0.25, -0.2) is 4.98 Å². The number of rotatable bonds is 6. The van der Waals surface area contributed by atoms with Crippen LogP contribution in [0, 0.1) is 0 Å². The number of pyridine rings is 2. The zero-order valence-electron chi connectivity index (χ0n) is 34.9. The van der Waals surface area contributed by atoms with Crippen LogP contribution in [0.4, 0.5) is 0 Å². The summed E-state index contributed by atoms with van der Waals surface area (Å²) in [7, 11) is 0.955. The van der Waals surface area contributed by atoms with Crippen molar-refractivity contribution in [1.82, 2.24) is 38.9 Å². The van der Waals surface area contributed by atoms with Gasteiger partial charge in [-0.3, -0.25) is 19.8 Å². The van der Waals surface area contributed by atoms with Gasteiger partial charge >= 0.3 is 14.1 Å². The summed E-state index contributed by atoms with van der Waals surface area (Å²) < 4.78 is 2.76. The molecule has 9 rings (SSSR count). The molecule has 1 unspecified atom stereocenters. The highest BCUT2D eigenvalue weighted by atomic mass is 79.9. The molecule has 0 saturated carbocycles. The van der Waals surface area contributed by atoms with E-state index in [1.165, 1.54) is 5.56 Å². The van der Waals surface area contributed by atoms with Gasteiger partial charge in [-0.1, -0.05) is 74.5 Å². The van der Waals surface area contributed by atoms with Gasteiger partial charge in [0.15, 0.2) is 0 Å². The molecular formula is C44H47B2BrCl4N8O3. The minimum atomic E-state index is -1.37. The maximum atomic E-state index is 11.9. The Balaban J connectivity index is 0.000000176. The van der Waals surface area contributed by atoms with E-state index in [9.17, 15) is 15.2 Å². The van der Waals surface area contributed by atoms with E-state index in [0.717, 1.165) is 96.0 Å². The highest BCUT2D eigenvalue weighted by Crippen LogP contribution is 2.47. The van der Waals surface area contributed by atoms with Crippen LogP contribution in [0.5, 0.6) is 0 Å². The second kappa shape index (κ2) is 18.8. The lowest BCUT2D eigenvalue weighted by Crippen LogP contribution is -2.52. The van der Waals surface area contributed by atoms with Crippen molar-refractivity contribution >= 4 is 98.6 Å². The van der Waals surface area contributed by atoms with Crippen LogP contribution >= 0.6 is 62.3 Å². The highest BCUT2D eigenvalue weighted by Gasteiger charge is 2.40. The van der Waals surface area contributed by atoms with Gasteiger partial charge in [0.05, 0.1) is 51.7 Å². The van der Waals surface area contributed by atoms with E-state index in [-0.39, 0.29) is 12.1 Å². The SMILES string of the molecule is CB(O)N1CCN([C@H]2c3ccc(Cl)cc3C=C(Br)c3cc(Cl)cnc32)CC1.CB(O)N1CCN([C@H]2c3ccc(Cl)cc3C=C(C(C)(O)c3cncn3C)c3cc(Cl)cnc32)CC1. The molecule has 3 atom stereocenters. The number of aliphatic hydroxyl groups is 1. The Labute approximate surface area is 392 Å². The van der Waals surface area contributed by atoms with Crippen molar-refractivity contribution in [3.8, 4) is 0 Å². The fraction of sp³-hybridized carbons (Fsp3) is 0.341. The molecule has 0 amide bonds. The summed E-state index contributed by atoms with van der Waals surface area (Å²) >= 11 is 29.1. The molecule has 4 aliphatic rings. The smallest absolute Gasteiger partial charge is 0.376 e. The van der Waals surface area contributed by atoms with Gasteiger partial charge in [0.2, 0.25) is 0 Å². The lowest BCUT2D eigenvalue weighted by molar-refractivity contribution is 0.114. The number of nitrogens with zero attached hydrogens (tertiary/aromatic N) is 8. The zero-order valence-corrected chi connectivity index (χ0v) is 39.5. The van der Waals surface area contributed by atoms with Gasteiger partial charge in [-0.2, -0.15) is 0 Å². The maximum Gasteiger partial charge on any atom is 0.376 e. The van der Waals surface area contributed by atoms with Gasteiger partial charge in [-0.05, 0) is 96.9 Å². The number of benzene rings is 2. The number of aryl methyl sites for hydroxylation is 1. The molecule has 2 fully saturated rings. The van der Waals surface area contributed by atoms with Crippen LogP contribution < -0.4 is 0 Å². The number of fused-ring (bicyclic) bond motifs is 4. The van der Waals surface area contributed by atoms with E-state index in [1.807, 2.05) is 67.0 Å². The minimum absolute atomic E-state index is 0.00647. The number of halogens is 5. The quantitative estimate of drug-likeness (QED) is 0.144. The predicted octanol–water partition coefficient (Wildman–Crippen LogP) is 8.11. The zero-order chi connectivity index (χ0) is 44.0. The van der Waals surface area contributed by atoms with Crippen LogP contribution in [-0.2, 0) is 12.6 Å². The van der Waals surface area contributed by atoms with E-state index in [0.29, 0.717) is 31.4 Å². The molecule has 3 N–H and O–H groups in total. The van der Waals surface area contributed by atoms with E-state index in [2.05, 4.69) is 52.5 Å². The Morgan fingerprint density at radius 2 is 1.13 bits per heavy atom.